The first-order valence-corrected chi connectivity index (χ1v) is 10.9. The summed E-state index contributed by atoms with van der Waals surface area (Å²) < 4.78 is 0. The largest absolute Gasteiger partial charge is 0.340 e. The third-order valence-electron chi connectivity index (χ3n) is 7.28. The van der Waals surface area contributed by atoms with Crippen LogP contribution >= 0.6 is 0 Å². The molecule has 1 heterocycles. The molecule has 3 atom stereocenters. The van der Waals surface area contributed by atoms with Crippen LogP contribution in [0.15, 0.2) is 60.7 Å². The zero-order chi connectivity index (χ0) is 18.9. The second-order valence-electron chi connectivity index (χ2n) is 8.87. The van der Waals surface area contributed by atoms with Crippen LogP contribution < -0.4 is 0 Å². The predicted molar refractivity (Wildman–Crippen MR) is 112 cm³/mol. The molecular weight excluding hydrogens is 344 g/mol. The van der Waals surface area contributed by atoms with Gasteiger partial charge in [0.05, 0.1) is 6.04 Å². The van der Waals surface area contributed by atoms with Crippen molar-refractivity contribution in [2.45, 2.75) is 31.7 Å². The first-order valence-electron chi connectivity index (χ1n) is 10.9. The summed E-state index contributed by atoms with van der Waals surface area (Å²) >= 11 is 0. The molecule has 0 aromatic heterocycles. The van der Waals surface area contributed by atoms with Crippen molar-refractivity contribution < 1.29 is 4.79 Å². The van der Waals surface area contributed by atoms with E-state index in [-0.39, 0.29) is 6.04 Å². The fourth-order valence-corrected chi connectivity index (χ4v) is 5.87. The van der Waals surface area contributed by atoms with Gasteiger partial charge in [-0.05, 0) is 42.2 Å². The summed E-state index contributed by atoms with van der Waals surface area (Å²) in [5.41, 5.74) is 2.67. The van der Waals surface area contributed by atoms with Gasteiger partial charge in [-0.25, -0.2) is 0 Å². The van der Waals surface area contributed by atoms with E-state index in [9.17, 15) is 4.79 Å². The molecule has 3 aliphatic rings. The van der Waals surface area contributed by atoms with Gasteiger partial charge in [-0.2, -0.15) is 0 Å². The maximum Gasteiger partial charge on any atom is 0.226 e. The van der Waals surface area contributed by atoms with Crippen LogP contribution in [0, 0.1) is 17.8 Å². The minimum Gasteiger partial charge on any atom is -0.340 e. The second-order valence-corrected chi connectivity index (χ2v) is 8.87. The quantitative estimate of drug-likeness (QED) is 0.794. The topological polar surface area (TPSA) is 23.6 Å². The third kappa shape index (κ3) is 3.37. The number of nitrogens with zero attached hydrogens (tertiary/aromatic N) is 2. The molecule has 3 fully saturated rings. The van der Waals surface area contributed by atoms with Gasteiger partial charge in [0.15, 0.2) is 0 Å². The summed E-state index contributed by atoms with van der Waals surface area (Å²) in [5.74, 6) is 2.28. The number of carbonyl (C=O) groups is 1. The zero-order valence-corrected chi connectivity index (χ0v) is 16.5. The van der Waals surface area contributed by atoms with Crippen LogP contribution in [0.1, 0.15) is 42.9 Å². The van der Waals surface area contributed by atoms with E-state index in [1.54, 1.807) is 0 Å². The SMILES string of the molecule is O=C([C@@H]1C[C@H]2CC[C@@H]1C2)N1CCN(C(c2ccccc2)c2ccccc2)CC1. The number of amides is 1. The zero-order valence-electron chi connectivity index (χ0n) is 16.5. The average Bonchev–Trinajstić information content (AvgIpc) is 3.39. The summed E-state index contributed by atoms with van der Waals surface area (Å²) in [6.45, 7) is 3.62. The molecule has 1 amide bonds. The monoisotopic (exact) mass is 374 g/mol. The molecule has 5 rings (SSSR count). The molecule has 0 unspecified atom stereocenters. The predicted octanol–water partition coefficient (Wildman–Crippen LogP) is 4.36. The molecule has 0 spiro atoms. The molecule has 2 aromatic carbocycles. The van der Waals surface area contributed by atoms with Crippen LogP contribution in [0.3, 0.4) is 0 Å². The Hall–Kier alpha value is -2.13. The molecule has 2 bridgehead atoms. The number of piperazine rings is 1. The van der Waals surface area contributed by atoms with E-state index < -0.39 is 0 Å². The number of hydrogen-bond acceptors (Lipinski definition) is 2. The van der Waals surface area contributed by atoms with Gasteiger partial charge < -0.3 is 4.90 Å². The lowest BCUT2D eigenvalue weighted by molar-refractivity contribution is -0.139. The van der Waals surface area contributed by atoms with Gasteiger partial charge >= 0.3 is 0 Å². The molecule has 146 valence electrons. The Morgan fingerprint density at radius 3 is 1.89 bits per heavy atom. The highest BCUT2D eigenvalue weighted by Gasteiger charge is 2.44. The molecular formula is C25H30N2O. The fourth-order valence-electron chi connectivity index (χ4n) is 5.87. The van der Waals surface area contributed by atoms with Crippen LogP contribution in [0.4, 0.5) is 0 Å². The second kappa shape index (κ2) is 7.71. The summed E-state index contributed by atoms with van der Waals surface area (Å²) in [6.07, 6.45) is 5.10. The summed E-state index contributed by atoms with van der Waals surface area (Å²) in [4.78, 5) is 17.8. The van der Waals surface area contributed by atoms with Crippen molar-refractivity contribution in [3.8, 4) is 0 Å². The number of fused-ring (bicyclic) bond motifs is 2. The minimum absolute atomic E-state index is 0.266. The number of hydrogen-bond donors (Lipinski definition) is 0. The lowest BCUT2D eigenvalue weighted by Crippen LogP contribution is -2.51. The maximum absolute atomic E-state index is 13.1. The van der Waals surface area contributed by atoms with E-state index in [4.69, 9.17) is 0 Å². The maximum atomic E-state index is 13.1. The number of rotatable bonds is 4. The highest BCUT2D eigenvalue weighted by molar-refractivity contribution is 5.79. The highest BCUT2D eigenvalue weighted by Crippen LogP contribution is 2.49. The summed E-state index contributed by atoms with van der Waals surface area (Å²) in [5, 5.41) is 0. The molecule has 2 saturated carbocycles. The Morgan fingerprint density at radius 1 is 0.786 bits per heavy atom. The molecule has 0 radical (unpaired) electrons. The van der Waals surface area contributed by atoms with E-state index in [0.29, 0.717) is 17.7 Å². The van der Waals surface area contributed by atoms with Crippen molar-refractivity contribution in [3.63, 3.8) is 0 Å². The first-order chi connectivity index (χ1) is 13.8. The van der Waals surface area contributed by atoms with Crippen LogP contribution in [-0.2, 0) is 4.79 Å². The summed E-state index contributed by atoms with van der Waals surface area (Å²) in [7, 11) is 0. The molecule has 0 N–H and O–H groups in total. The molecule has 3 heteroatoms. The van der Waals surface area contributed by atoms with Crippen molar-refractivity contribution in [1.82, 2.24) is 9.80 Å². The Kier molecular flexibility index (Phi) is 4.94. The van der Waals surface area contributed by atoms with E-state index >= 15 is 0 Å². The minimum atomic E-state index is 0.266. The smallest absolute Gasteiger partial charge is 0.226 e. The lowest BCUT2D eigenvalue weighted by atomic mass is 9.87. The van der Waals surface area contributed by atoms with E-state index in [0.717, 1.165) is 38.5 Å². The molecule has 2 aliphatic carbocycles. The average molecular weight is 375 g/mol. The van der Waals surface area contributed by atoms with Crippen molar-refractivity contribution in [2.24, 2.45) is 17.8 Å². The van der Waals surface area contributed by atoms with Gasteiger partial charge in [0.2, 0.25) is 5.91 Å². The van der Waals surface area contributed by atoms with E-state index in [1.165, 1.54) is 30.4 Å². The Morgan fingerprint density at radius 2 is 1.39 bits per heavy atom. The first kappa shape index (κ1) is 17.9. The Labute approximate surface area is 168 Å². The normalized spacial score (nSPS) is 27.5. The van der Waals surface area contributed by atoms with Crippen molar-refractivity contribution in [2.75, 3.05) is 26.2 Å². The van der Waals surface area contributed by atoms with E-state index in [2.05, 4.69) is 70.5 Å². The van der Waals surface area contributed by atoms with Gasteiger partial charge in [-0.15, -0.1) is 0 Å². The highest BCUT2D eigenvalue weighted by atomic mass is 16.2. The molecule has 3 nitrogen and oxygen atoms in total. The molecule has 1 saturated heterocycles. The fraction of sp³-hybridized carbons (Fsp3) is 0.480. The molecule has 1 aliphatic heterocycles. The molecule has 2 aromatic rings. The van der Waals surface area contributed by atoms with Crippen LogP contribution in [-0.4, -0.2) is 41.9 Å². The Balaban J connectivity index is 1.29. The van der Waals surface area contributed by atoms with Crippen LogP contribution in [0.5, 0.6) is 0 Å². The van der Waals surface area contributed by atoms with Crippen LogP contribution in [0.2, 0.25) is 0 Å². The van der Waals surface area contributed by atoms with Crippen LogP contribution in [0.25, 0.3) is 0 Å². The van der Waals surface area contributed by atoms with Gasteiger partial charge in [-0.3, -0.25) is 9.69 Å². The lowest BCUT2D eigenvalue weighted by Gasteiger charge is -2.41. The van der Waals surface area contributed by atoms with Gasteiger partial charge in [0, 0.05) is 32.1 Å². The third-order valence-corrected chi connectivity index (χ3v) is 7.28. The number of benzene rings is 2. The summed E-state index contributed by atoms with van der Waals surface area (Å²) in [6, 6.07) is 21.8. The van der Waals surface area contributed by atoms with Gasteiger partial charge in [0.1, 0.15) is 0 Å². The van der Waals surface area contributed by atoms with Crippen molar-refractivity contribution in [3.05, 3.63) is 71.8 Å². The van der Waals surface area contributed by atoms with Crippen molar-refractivity contribution in [1.29, 1.82) is 0 Å². The van der Waals surface area contributed by atoms with E-state index in [1.807, 2.05) is 0 Å². The van der Waals surface area contributed by atoms with Gasteiger partial charge in [-0.1, -0.05) is 67.1 Å². The van der Waals surface area contributed by atoms with Crippen molar-refractivity contribution >= 4 is 5.91 Å². The Bertz CT molecular complexity index is 758. The standard InChI is InChI=1S/C25H30N2O/c28-25(23-18-19-11-12-22(23)17-19)27-15-13-26(14-16-27)24(20-7-3-1-4-8-20)21-9-5-2-6-10-21/h1-10,19,22-24H,11-18H2/t19-,22+,23+/m0/s1. The van der Waals surface area contributed by atoms with Gasteiger partial charge in [0.25, 0.3) is 0 Å². The molecule has 28 heavy (non-hydrogen) atoms. The number of carbonyl (C=O) groups excluding carboxylic acids is 1.